The van der Waals surface area contributed by atoms with E-state index in [0.29, 0.717) is 18.0 Å². The Hall–Kier alpha value is -2.47. The average molecular weight is 316 g/mol. The lowest BCUT2D eigenvalue weighted by Crippen LogP contribution is -2.12. The number of hydrogen-bond donors (Lipinski definition) is 2. The van der Waals surface area contributed by atoms with E-state index in [2.05, 4.69) is 9.71 Å². The predicted molar refractivity (Wildman–Crippen MR) is 86.7 cm³/mol. The summed E-state index contributed by atoms with van der Waals surface area (Å²) in [5, 5.41) is 0.951. The summed E-state index contributed by atoms with van der Waals surface area (Å²) in [7, 11) is -3.61. The minimum absolute atomic E-state index is 0.199. The highest BCUT2D eigenvalue weighted by Gasteiger charge is 2.14. The van der Waals surface area contributed by atoms with E-state index >= 15 is 0 Å². The van der Waals surface area contributed by atoms with Crippen LogP contribution in [0.1, 0.15) is 6.92 Å². The standard InChI is InChI=1S/C16H16N2O3S/c1-2-21-14-4-6-15(7-5-14)22(19,20)18-13-3-8-16-12(11-13)9-10-17-16/h3-11,17-18H,2H2,1H3. The van der Waals surface area contributed by atoms with Gasteiger partial charge in [0, 0.05) is 22.8 Å². The van der Waals surface area contributed by atoms with Crippen LogP contribution in [0, 0.1) is 0 Å². The molecule has 0 aliphatic rings. The fraction of sp³-hybridized carbons (Fsp3) is 0.125. The molecule has 2 aromatic carbocycles. The molecule has 0 aliphatic heterocycles. The first-order chi connectivity index (χ1) is 10.6. The Morgan fingerprint density at radius 2 is 1.86 bits per heavy atom. The van der Waals surface area contributed by atoms with Crippen LogP contribution in [0.4, 0.5) is 5.69 Å². The van der Waals surface area contributed by atoms with Gasteiger partial charge in [-0.15, -0.1) is 0 Å². The van der Waals surface area contributed by atoms with E-state index in [-0.39, 0.29) is 4.90 Å². The molecule has 0 fully saturated rings. The summed E-state index contributed by atoms with van der Waals surface area (Å²) < 4.78 is 32.7. The third-order valence-electron chi connectivity index (χ3n) is 3.25. The number of rotatable bonds is 5. The van der Waals surface area contributed by atoms with Gasteiger partial charge in [-0.3, -0.25) is 4.72 Å². The molecule has 0 saturated heterocycles. The molecule has 0 saturated carbocycles. The van der Waals surface area contributed by atoms with E-state index in [1.807, 2.05) is 25.3 Å². The van der Waals surface area contributed by atoms with Crippen LogP contribution < -0.4 is 9.46 Å². The minimum atomic E-state index is -3.61. The molecule has 114 valence electrons. The molecule has 22 heavy (non-hydrogen) atoms. The summed E-state index contributed by atoms with van der Waals surface area (Å²) in [6.45, 7) is 2.42. The van der Waals surface area contributed by atoms with E-state index in [0.717, 1.165) is 10.9 Å². The molecule has 3 aromatic rings. The summed E-state index contributed by atoms with van der Waals surface area (Å²) in [5.74, 6) is 0.648. The van der Waals surface area contributed by atoms with E-state index in [1.54, 1.807) is 24.3 Å². The number of hydrogen-bond acceptors (Lipinski definition) is 3. The van der Waals surface area contributed by atoms with Crippen molar-refractivity contribution in [2.75, 3.05) is 11.3 Å². The number of nitrogens with one attached hydrogen (secondary N) is 2. The fourth-order valence-corrected chi connectivity index (χ4v) is 3.26. The van der Waals surface area contributed by atoms with Gasteiger partial charge >= 0.3 is 0 Å². The summed E-state index contributed by atoms with van der Waals surface area (Å²) in [6.07, 6.45) is 1.81. The zero-order chi connectivity index (χ0) is 15.6. The maximum atomic E-state index is 12.4. The maximum absolute atomic E-state index is 12.4. The van der Waals surface area contributed by atoms with Gasteiger partial charge in [0.25, 0.3) is 10.0 Å². The molecule has 0 bridgehead atoms. The Kier molecular flexibility index (Phi) is 3.77. The van der Waals surface area contributed by atoms with Gasteiger partial charge in [0.1, 0.15) is 5.75 Å². The number of anilines is 1. The van der Waals surface area contributed by atoms with Crippen molar-refractivity contribution < 1.29 is 13.2 Å². The third-order valence-corrected chi connectivity index (χ3v) is 4.65. The first-order valence-electron chi connectivity index (χ1n) is 6.91. The van der Waals surface area contributed by atoms with Crippen molar-refractivity contribution in [3.05, 3.63) is 54.7 Å². The monoisotopic (exact) mass is 316 g/mol. The van der Waals surface area contributed by atoms with Crippen LogP contribution in [0.3, 0.4) is 0 Å². The molecular formula is C16H16N2O3S. The second-order valence-electron chi connectivity index (χ2n) is 4.79. The lowest BCUT2D eigenvalue weighted by atomic mass is 10.2. The van der Waals surface area contributed by atoms with E-state index in [4.69, 9.17) is 4.74 Å². The maximum Gasteiger partial charge on any atom is 0.261 e. The van der Waals surface area contributed by atoms with Crippen LogP contribution in [-0.2, 0) is 10.0 Å². The lowest BCUT2D eigenvalue weighted by Gasteiger charge is -2.09. The first-order valence-corrected chi connectivity index (χ1v) is 8.39. The van der Waals surface area contributed by atoms with Gasteiger partial charge in [-0.2, -0.15) is 0 Å². The van der Waals surface area contributed by atoms with Crippen molar-refractivity contribution in [3.8, 4) is 5.75 Å². The first kappa shape index (κ1) is 14.5. The van der Waals surface area contributed by atoms with Crippen LogP contribution in [0.25, 0.3) is 10.9 Å². The van der Waals surface area contributed by atoms with Crippen molar-refractivity contribution in [2.24, 2.45) is 0 Å². The van der Waals surface area contributed by atoms with Gasteiger partial charge < -0.3 is 9.72 Å². The average Bonchev–Trinajstić information content (AvgIpc) is 2.95. The second kappa shape index (κ2) is 5.73. The van der Waals surface area contributed by atoms with Crippen LogP contribution >= 0.6 is 0 Å². The molecule has 5 nitrogen and oxygen atoms in total. The fourth-order valence-electron chi connectivity index (χ4n) is 2.21. The van der Waals surface area contributed by atoms with Crippen molar-refractivity contribution in [3.63, 3.8) is 0 Å². The summed E-state index contributed by atoms with van der Waals surface area (Å²) in [6, 6.07) is 13.6. The molecular weight excluding hydrogens is 300 g/mol. The van der Waals surface area contributed by atoms with E-state index < -0.39 is 10.0 Å². The molecule has 2 N–H and O–H groups in total. The molecule has 0 amide bonds. The van der Waals surface area contributed by atoms with Crippen LogP contribution in [-0.4, -0.2) is 20.0 Å². The molecule has 1 heterocycles. The van der Waals surface area contributed by atoms with Crippen LogP contribution in [0.2, 0.25) is 0 Å². The molecule has 0 unspecified atom stereocenters. The van der Waals surface area contributed by atoms with Gasteiger partial charge in [-0.1, -0.05) is 0 Å². The smallest absolute Gasteiger partial charge is 0.261 e. The lowest BCUT2D eigenvalue weighted by molar-refractivity contribution is 0.340. The van der Waals surface area contributed by atoms with Crippen LogP contribution in [0.15, 0.2) is 59.6 Å². The SMILES string of the molecule is CCOc1ccc(S(=O)(=O)Nc2ccc3[nH]ccc3c2)cc1. The van der Waals surface area contributed by atoms with E-state index in [1.165, 1.54) is 12.1 Å². The Bertz CT molecular complexity index is 883. The number of H-pyrrole nitrogens is 1. The number of aromatic amines is 1. The Morgan fingerprint density at radius 1 is 1.09 bits per heavy atom. The highest BCUT2D eigenvalue weighted by atomic mass is 32.2. The van der Waals surface area contributed by atoms with Gasteiger partial charge in [-0.05, 0) is 55.5 Å². The number of ether oxygens (including phenoxy) is 1. The highest BCUT2D eigenvalue weighted by molar-refractivity contribution is 7.92. The van der Waals surface area contributed by atoms with Gasteiger partial charge in [0.15, 0.2) is 0 Å². The largest absolute Gasteiger partial charge is 0.494 e. The van der Waals surface area contributed by atoms with Gasteiger partial charge in [0.05, 0.1) is 11.5 Å². The Labute approximate surface area is 129 Å². The highest BCUT2D eigenvalue weighted by Crippen LogP contribution is 2.22. The molecule has 0 spiro atoms. The Morgan fingerprint density at radius 3 is 2.59 bits per heavy atom. The van der Waals surface area contributed by atoms with Crippen molar-refractivity contribution in [2.45, 2.75) is 11.8 Å². The zero-order valence-electron chi connectivity index (χ0n) is 12.0. The molecule has 0 radical (unpaired) electrons. The molecule has 0 aliphatic carbocycles. The number of aromatic nitrogens is 1. The molecule has 0 atom stereocenters. The quantitative estimate of drug-likeness (QED) is 0.758. The summed E-state index contributed by atoms with van der Waals surface area (Å²) >= 11 is 0. The van der Waals surface area contributed by atoms with Crippen molar-refractivity contribution in [1.82, 2.24) is 4.98 Å². The predicted octanol–water partition coefficient (Wildman–Crippen LogP) is 3.37. The zero-order valence-corrected chi connectivity index (χ0v) is 12.9. The number of fused-ring (bicyclic) bond motifs is 1. The van der Waals surface area contributed by atoms with Crippen molar-refractivity contribution in [1.29, 1.82) is 0 Å². The van der Waals surface area contributed by atoms with E-state index in [9.17, 15) is 8.42 Å². The topological polar surface area (TPSA) is 71.2 Å². The van der Waals surface area contributed by atoms with Gasteiger partial charge in [-0.25, -0.2) is 8.42 Å². The molecule has 6 heteroatoms. The number of benzene rings is 2. The normalized spacial score (nSPS) is 11.5. The number of sulfonamides is 1. The second-order valence-corrected chi connectivity index (χ2v) is 6.47. The summed E-state index contributed by atoms with van der Waals surface area (Å²) in [5.41, 5.74) is 1.49. The van der Waals surface area contributed by atoms with Crippen LogP contribution in [0.5, 0.6) is 5.75 Å². The molecule has 3 rings (SSSR count). The molecule has 1 aromatic heterocycles. The third kappa shape index (κ3) is 2.92. The Balaban J connectivity index is 1.85. The van der Waals surface area contributed by atoms with Crippen molar-refractivity contribution >= 4 is 26.6 Å². The van der Waals surface area contributed by atoms with Gasteiger partial charge in [0.2, 0.25) is 0 Å². The minimum Gasteiger partial charge on any atom is -0.494 e. The summed E-state index contributed by atoms with van der Waals surface area (Å²) in [4.78, 5) is 3.27.